The number of hydrogen-bond donors (Lipinski definition) is 2. The summed E-state index contributed by atoms with van der Waals surface area (Å²) in [5, 5.41) is 8.79. The molecule has 1 aromatic heterocycles. The minimum absolute atomic E-state index is 0.475. The van der Waals surface area contributed by atoms with Crippen LogP contribution in [0.2, 0.25) is 0 Å². The number of aromatic nitrogens is 2. The van der Waals surface area contributed by atoms with Gasteiger partial charge < -0.3 is 20.6 Å². The average molecular weight is 223 g/mol. The number of amides is 1. The Balaban J connectivity index is 1.99. The van der Waals surface area contributed by atoms with Gasteiger partial charge in [0.15, 0.2) is 0 Å². The van der Waals surface area contributed by atoms with Crippen molar-refractivity contribution in [3.05, 3.63) is 12.4 Å². The molecule has 0 atom stereocenters. The van der Waals surface area contributed by atoms with E-state index in [9.17, 15) is 4.79 Å². The van der Waals surface area contributed by atoms with Crippen molar-refractivity contribution in [2.75, 3.05) is 36.8 Å². The van der Waals surface area contributed by atoms with Gasteiger partial charge in [0.1, 0.15) is 0 Å². The second kappa shape index (κ2) is 4.21. The molecule has 3 N–H and O–H groups in total. The topological polar surface area (TPSA) is 95.6 Å². The lowest BCUT2D eigenvalue weighted by Crippen LogP contribution is -2.48. The van der Waals surface area contributed by atoms with E-state index in [1.54, 1.807) is 12.4 Å². The molecule has 0 bridgehead atoms. The molecule has 1 aliphatic heterocycles. The van der Waals surface area contributed by atoms with Crippen molar-refractivity contribution >= 4 is 17.7 Å². The third-order valence-corrected chi connectivity index (χ3v) is 2.49. The first-order chi connectivity index (χ1) is 7.66. The van der Waals surface area contributed by atoms with Crippen molar-refractivity contribution in [2.24, 2.45) is 0 Å². The van der Waals surface area contributed by atoms with Crippen LogP contribution in [0, 0.1) is 0 Å². The Bertz CT molecular complexity index is 372. The van der Waals surface area contributed by atoms with E-state index >= 15 is 0 Å². The minimum atomic E-state index is -0.877. The first-order valence-electron chi connectivity index (χ1n) is 4.97. The number of piperazine rings is 1. The number of anilines is 2. The van der Waals surface area contributed by atoms with E-state index in [1.165, 1.54) is 4.90 Å². The normalized spacial score (nSPS) is 16.2. The standard InChI is InChI=1S/C9H13N5O2/c10-7-5-11-8(12-6-7)13-1-3-14(4-2-13)9(15)16/h5-6H,1-4,10H2,(H,15,16). The molecule has 0 aliphatic carbocycles. The number of nitrogens with zero attached hydrogens (tertiary/aromatic N) is 4. The highest BCUT2D eigenvalue weighted by molar-refractivity contribution is 5.65. The molecule has 1 fully saturated rings. The lowest BCUT2D eigenvalue weighted by molar-refractivity contribution is 0.142. The molecule has 1 aliphatic rings. The second-order valence-electron chi connectivity index (χ2n) is 3.57. The second-order valence-corrected chi connectivity index (χ2v) is 3.57. The van der Waals surface area contributed by atoms with Crippen molar-refractivity contribution in [3.8, 4) is 0 Å². The molecule has 1 amide bonds. The van der Waals surface area contributed by atoms with E-state index in [0.717, 1.165) is 0 Å². The number of nitrogen functional groups attached to an aromatic ring is 1. The zero-order chi connectivity index (χ0) is 11.5. The summed E-state index contributed by atoms with van der Waals surface area (Å²) in [6, 6.07) is 0. The van der Waals surface area contributed by atoms with Crippen LogP contribution >= 0.6 is 0 Å². The van der Waals surface area contributed by atoms with Gasteiger partial charge in [0.25, 0.3) is 0 Å². The number of hydrogen-bond acceptors (Lipinski definition) is 5. The summed E-state index contributed by atoms with van der Waals surface area (Å²) in [6.07, 6.45) is 2.22. The van der Waals surface area contributed by atoms with E-state index in [4.69, 9.17) is 10.8 Å². The maximum absolute atomic E-state index is 10.7. The van der Waals surface area contributed by atoms with E-state index in [1.807, 2.05) is 4.90 Å². The average Bonchev–Trinajstić information content (AvgIpc) is 2.30. The molecule has 2 heterocycles. The molecule has 1 saturated heterocycles. The largest absolute Gasteiger partial charge is 0.465 e. The molecule has 2 rings (SSSR count). The highest BCUT2D eigenvalue weighted by atomic mass is 16.4. The Hall–Kier alpha value is -2.05. The maximum atomic E-state index is 10.7. The molecule has 16 heavy (non-hydrogen) atoms. The molecule has 0 spiro atoms. The van der Waals surface area contributed by atoms with Gasteiger partial charge in [0, 0.05) is 26.2 Å². The Morgan fingerprint density at radius 2 is 1.81 bits per heavy atom. The number of carboxylic acid groups (broad SMARTS) is 1. The zero-order valence-corrected chi connectivity index (χ0v) is 8.70. The molecule has 0 saturated carbocycles. The van der Waals surface area contributed by atoms with Crippen LogP contribution in [0.4, 0.5) is 16.4 Å². The van der Waals surface area contributed by atoms with Gasteiger partial charge in [-0.2, -0.15) is 0 Å². The highest BCUT2D eigenvalue weighted by Gasteiger charge is 2.21. The molecule has 7 nitrogen and oxygen atoms in total. The fourth-order valence-electron chi connectivity index (χ4n) is 1.59. The fraction of sp³-hybridized carbons (Fsp3) is 0.444. The van der Waals surface area contributed by atoms with Crippen LogP contribution in [0.1, 0.15) is 0 Å². The minimum Gasteiger partial charge on any atom is -0.465 e. The summed E-state index contributed by atoms with van der Waals surface area (Å²) in [7, 11) is 0. The van der Waals surface area contributed by atoms with Crippen LogP contribution in [-0.2, 0) is 0 Å². The van der Waals surface area contributed by atoms with Gasteiger partial charge in [0.05, 0.1) is 18.1 Å². The zero-order valence-electron chi connectivity index (χ0n) is 8.70. The molecule has 86 valence electrons. The van der Waals surface area contributed by atoms with Gasteiger partial charge in [-0.05, 0) is 0 Å². The van der Waals surface area contributed by atoms with E-state index in [0.29, 0.717) is 37.8 Å². The lowest BCUT2D eigenvalue weighted by atomic mass is 10.3. The third kappa shape index (κ3) is 2.13. The van der Waals surface area contributed by atoms with Gasteiger partial charge >= 0.3 is 6.09 Å². The first kappa shape index (κ1) is 10.5. The quantitative estimate of drug-likeness (QED) is 0.688. The van der Waals surface area contributed by atoms with Crippen molar-refractivity contribution in [1.29, 1.82) is 0 Å². The van der Waals surface area contributed by atoms with Crippen molar-refractivity contribution in [1.82, 2.24) is 14.9 Å². The third-order valence-electron chi connectivity index (χ3n) is 2.49. The molecule has 0 radical (unpaired) electrons. The fourth-order valence-corrected chi connectivity index (χ4v) is 1.59. The summed E-state index contributed by atoms with van der Waals surface area (Å²) in [5.41, 5.74) is 6.01. The van der Waals surface area contributed by atoms with E-state index in [-0.39, 0.29) is 0 Å². The maximum Gasteiger partial charge on any atom is 0.407 e. The Morgan fingerprint density at radius 1 is 1.25 bits per heavy atom. The Kier molecular flexibility index (Phi) is 2.76. The van der Waals surface area contributed by atoms with Crippen LogP contribution in [0.3, 0.4) is 0 Å². The number of rotatable bonds is 1. The smallest absolute Gasteiger partial charge is 0.407 e. The van der Waals surface area contributed by atoms with E-state index < -0.39 is 6.09 Å². The lowest BCUT2D eigenvalue weighted by Gasteiger charge is -2.32. The summed E-state index contributed by atoms with van der Waals surface area (Å²) >= 11 is 0. The monoisotopic (exact) mass is 223 g/mol. The summed E-state index contributed by atoms with van der Waals surface area (Å²) in [5.74, 6) is 0.597. The van der Waals surface area contributed by atoms with Gasteiger partial charge in [-0.3, -0.25) is 0 Å². The SMILES string of the molecule is Nc1cnc(N2CCN(C(=O)O)CC2)nc1. The van der Waals surface area contributed by atoms with Crippen LogP contribution in [-0.4, -0.2) is 52.2 Å². The number of carbonyl (C=O) groups is 1. The van der Waals surface area contributed by atoms with Crippen LogP contribution in [0.5, 0.6) is 0 Å². The van der Waals surface area contributed by atoms with Crippen molar-refractivity contribution in [3.63, 3.8) is 0 Å². The van der Waals surface area contributed by atoms with Gasteiger partial charge in [-0.25, -0.2) is 14.8 Å². The Labute approximate surface area is 92.5 Å². The summed E-state index contributed by atoms with van der Waals surface area (Å²) in [6.45, 7) is 2.17. The highest BCUT2D eigenvalue weighted by Crippen LogP contribution is 2.11. The summed E-state index contributed by atoms with van der Waals surface area (Å²) < 4.78 is 0. The van der Waals surface area contributed by atoms with Crippen LogP contribution in [0.25, 0.3) is 0 Å². The predicted octanol–water partition coefficient (Wildman–Crippen LogP) is -0.141. The molecule has 7 heteroatoms. The van der Waals surface area contributed by atoms with Gasteiger partial charge in [0.2, 0.25) is 5.95 Å². The number of nitrogens with two attached hydrogens (primary N) is 1. The van der Waals surface area contributed by atoms with Gasteiger partial charge in [-0.15, -0.1) is 0 Å². The molecular formula is C9H13N5O2. The summed E-state index contributed by atoms with van der Waals surface area (Å²) in [4.78, 5) is 22.2. The van der Waals surface area contributed by atoms with Crippen LogP contribution < -0.4 is 10.6 Å². The van der Waals surface area contributed by atoms with Crippen molar-refractivity contribution in [2.45, 2.75) is 0 Å². The molecular weight excluding hydrogens is 210 g/mol. The van der Waals surface area contributed by atoms with Crippen molar-refractivity contribution < 1.29 is 9.90 Å². The molecule has 1 aromatic rings. The first-order valence-corrected chi connectivity index (χ1v) is 4.97. The van der Waals surface area contributed by atoms with E-state index in [2.05, 4.69) is 9.97 Å². The van der Waals surface area contributed by atoms with Crippen LogP contribution in [0.15, 0.2) is 12.4 Å². The Morgan fingerprint density at radius 3 is 2.31 bits per heavy atom. The van der Waals surface area contributed by atoms with Gasteiger partial charge in [-0.1, -0.05) is 0 Å². The predicted molar refractivity (Wildman–Crippen MR) is 58.3 cm³/mol. The molecule has 0 aromatic carbocycles. The molecule has 0 unspecified atom stereocenters.